The maximum atomic E-state index is 12.1. The van der Waals surface area contributed by atoms with Crippen molar-refractivity contribution in [2.75, 3.05) is 18.4 Å². The molecule has 0 radical (unpaired) electrons. The Morgan fingerprint density at radius 3 is 2.59 bits per heavy atom. The predicted molar refractivity (Wildman–Crippen MR) is 143 cm³/mol. The monoisotopic (exact) mass is 498 g/mol. The number of nitrogens with two attached hydrogens (primary N) is 1. The lowest BCUT2D eigenvalue weighted by Crippen LogP contribution is -2.40. The second kappa shape index (κ2) is 10.1. The first-order valence-corrected chi connectivity index (χ1v) is 13.3. The summed E-state index contributed by atoms with van der Waals surface area (Å²) in [4.78, 5) is 23.3. The van der Waals surface area contributed by atoms with Crippen LogP contribution in [0.25, 0.3) is 16.9 Å². The highest BCUT2D eigenvalue weighted by molar-refractivity contribution is 5.92. The van der Waals surface area contributed by atoms with Crippen molar-refractivity contribution >= 4 is 17.5 Å². The highest BCUT2D eigenvalue weighted by Gasteiger charge is 2.30. The maximum absolute atomic E-state index is 12.1. The Kier molecular flexibility index (Phi) is 6.48. The molecule has 1 atom stereocenters. The van der Waals surface area contributed by atoms with Gasteiger partial charge < -0.3 is 10.3 Å². The molecule has 1 saturated carbocycles. The molecular weight excluding hydrogens is 464 g/mol. The van der Waals surface area contributed by atoms with Gasteiger partial charge in [0.15, 0.2) is 5.65 Å². The largest absolute Gasteiger partial charge is 0.335 e. The van der Waals surface area contributed by atoms with Crippen LogP contribution >= 0.6 is 0 Å². The molecule has 2 fully saturated rings. The molecular formula is C28H34N8O. The van der Waals surface area contributed by atoms with Crippen LogP contribution < -0.4 is 11.1 Å². The third kappa shape index (κ3) is 5.14. The van der Waals surface area contributed by atoms with Crippen molar-refractivity contribution in [1.82, 2.24) is 29.0 Å². The molecule has 6 rings (SSSR count). The van der Waals surface area contributed by atoms with Crippen LogP contribution in [0.5, 0.6) is 0 Å². The standard InChI is InChI=1S/C28H34N8O/c1-19-30-14-18-34(19)15-11-20-12-16-35(17-13-20)26(29)22-7-5-21(6-8-22)24-3-2-4-25-31-28(33-36(24)25)32-27(37)23-9-10-23/h2-8,14,18,20,23,26H,9-13,15-17,29H2,1H3,(H,32,33,37). The topological polar surface area (TPSA) is 106 Å². The van der Waals surface area contributed by atoms with Crippen LogP contribution in [0.4, 0.5) is 5.95 Å². The van der Waals surface area contributed by atoms with Gasteiger partial charge in [-0.15, -0.1) is 5.10 Å². The van der Waals surface area contributed by atoms with Gasteiger partial charge in [0.1, 0.15) is 5.82 Å². The number of nitrogens with one attached hydrogen (secondary N) is 1. The van der Waals surface area contributed by atoms with E-state index in [1.807, 2.05) is 24.4 Å². The highest BCUT2D eigenvalue weighted by Crippen LogP contribution is 2.30. The number of imidazole rings is 1. The number of likely N-dealkylation sites (tertiary alicyclic amines) is 1. The van der Waals surface area contributed by atoms with E-state index in [1.165, 1.54) is 19.3 Å². The van der Waals surface area contributed by atoms with E-state index in [9.17, 15) is 4.79 Å². The molecule has 4 heterocycles. The number of benzene rings is 1. The number of aromatic nitrogens is 5. The fourth-order valence-electron chi connectivity index (χ4n) is 5.28. The Balaban J connectivity index is 1.09. The summed E-state index contributed by atoms with van der Waals surface area (Å²) in [6.07, 6.45) is 9.26. The third-order valence-corrected chi connectivity index (χ3v) is 7.84. The third-order valence-electron chi connectivity index (χ3n) is 7.84. The number of hydrogen-bond donors (Lipinski definition) is 2. The van der Waals surface area contributed by atoms with Crippen molar-refractivity contribution in [2.24, 2.45) is 17.6 Å². The summed E-state index contributed by atoms with van der Waals surface area (Å²) in [5.41, 5.74) is 10.5. The Hall–Kier alpha value is -3.56. The molecule has 0 spiro atoms. The number of piperidine rings is 1. The molecule has 0 bridgehead atoms. The van der Waals surface area contributed by atoms with Gasteiger partial charge >= 0.3 is 0 Å². The van der Waals surface area contributed by atoms with Crippen LogP contribution in [0.2, 0.25) is 0 Å². The molecule has 9 heteroatoms. The van der Waals surface area contributed by atoms with E-state index in [0.29, 0.717) is 11.6 Å². The van der Waals surface area contributed by atoms with Gasteiger partial charge in [-0.1, -0.05) is 30.3 Å². The number of aryl methyl sites for hydroxylation is 2. The summed E-state index contributed by atoms with van der Waals surface area (Å²) in [5.74, 6) is 2.29. The molecule has 37 heavy (non-hydrogen) atoms. The number of hydrogen-bond acceptors (Lipinski definition) is 6. The van der Waals surface area contributed by atoms with Crippen LogP contribution in [-0.2, 0) is 11.3 Å². The molecule has 1 aliphatic carbocycles. The van der Waals surface area contributed by atoms with Crippen LogP contribution in [0.1, 0.15) is 49.7 Å². The van der Waals surface area contributed by atoms with Crippen LogP contribution in [0.15, 0.2) is 54.9 Å². The van der Waals surface area contributed by atoms with Gasteiger partial charge in [-0.2, -0.15) is 4.98 Å². The summed E-state index contributed by atoms with van der Waals surface area (Å²) in [6, 6.07) is 14.3. The van der Waals surface area contributed by atoms with Crippen molar-refractivity contribution in [1.29, 1.82) is 0 Å². The maximum Gasteiger partial charge on any atom is 0.249 e. The van der Waals surface area contributed by atoms with Crippen LogP contribution in [-0.4, -0.2) is 48.0 Å². The van der Waals surface area contributed by atoms with Gasteiger partial charge in [0.25, 0.3) is 0 Å². The van der Waals surface area contributed by atoms with E-state index in [0.717, 1.165) is 61.0 Å². The summed E-state index contributed by atoms with van der Waals surface area (Å²) >= 11 is 0. The Morgan fingerprint density at radius 1 is 1.11 bits per heavy atom. The normalized spacial score (nSPS) is 17.8. The first-order chi connectivity index (χ1) is 18.0. The number of anilines is 1. The fourth-order valence-corrected chi connectivity index (χ4v) is 5.28. The minimum absolute atomic E-state index is 0.00752. The second-order valence-electron chi connectivity index (χ2n) is 10.4. The first-order valence-electron chi connectivity index (χ1n) is 13.3. The molecule has 2 aliphatic rings. The SMILES string of the molecule is Cc1nccn1CCC1CCN(C(N)c2ccc(-c3cccc4nc(NC(=O)C5CC5)nn34)cc2)CC1. The quantitative estimate of drug-likeness (QED) is 0.380. The lowest BCUT2D eigenvalue weighted by molar-refractivity contribution is -0.117. The summed E-state index contributed by atoms with van der Waals surface area (Å²) in [6.45, 7) is 5.14. The Morgan fingerprint density at radius 2 is 1.89 bits per heavy atom. The summed E-state index contributed by atoms with van der Waals surface area (Å²) < 4.78 is 4.03. The van der Waals surface area contributed by atoms with E-state index in [2.05, 4.69) is 67.2 Å². The number of fused-ring (bicyclic) bond motifs is 1. The number of amides is 1. The molecule has 3 aromatic heterocycles. The number of carbonyl (C=O) groups is 1. The molecule has 1 aliphatic heterocycles. The van der Waals surface area contributed by atoms with E-state index < -0.39 is 0 Å². The molecule has 9 nitrogen and oxygen atoms in total. The van der Waals surface area contributed by atoms with E-state index in [1.54, 1.807) is 4.52 Å². The zero-order valence-electron chi connectivity index (χ0n) is 21.3. The Labute approximate surface area is 216 Å². The minimum Gasteiger partial charge on any atom is -0.335 e. The number of nitrogens with zero attached hydrogens (tertiary/aromatic N) is 6. The van der Waals surface area contributed by atoms with Gasteiger partial charge in [-0.25, -0.2) is 9.50 Å². The van der Waals surface area contributed by atoms with Gasteiger partial charge in [0.05, 0.1) is 11.9 Å². The fraction of sp³-hybridized carbons (Fsp3) is 0.429. The van der Waals surface area contributed by atoms with Crippen LogP contribution in [0, 0.1) is 18.8 Å². The van der Waals surface area contributed by atoms with E-state index in [-0.39, 0.29) is 18.0 Å². The molecule has 3 N–H and O–H groups in total. The Bertz CT molecular complexity index is 1380. The molecule has 1 aromatic carbocycles. The second-order valence-corrected chi connectivity index (χ2v) is 10.4. The smallest absolute Gasteiger partial charge is 0.249 e. The van der Waals surface area contributed by atoms with Gasteiger partial charge in [0.2, 0.25) is 11.9 Å². The molecule has 1 unspecified atom stereocenters. The lowest BCUT2D eigenvalue weighted by Gasteiger charge is -2.36. The van der Waals surface area contributed by atoms with E-state index >= 15 is 0 Å². The van der Waals surface area contributed by atoms with Gasteiger partial charge in [0, 0.05) is 43.5 Å². The number of rotatable bonds is 8. The average Bonchev–Trinajstić information content (AvgIpc) is 3.58. The average molecular weight is 499 g/mol. The zero-order chi connectivity index (χ0) is 25.4. The first kappa shape index (κ1) is 23.8. The zero-order valence-corrected chi connectivity index (χ0v) is 21.3. The number of pyridine rings is 1. The van der Waals surface area contributed by atoms with Gasteiger partial charge in [-0.05, 0) is 62.6 Å². The summed E-state index contributed by atoms with van der Waals surface area (Å²) in [7, 11) is 0. The molecule has 192 valence electrons. The van der Waals surface area contributed by atoms with E-state index in [4.69, 9.17) is 5.73 Å². The van der Waals surface area contributed by atoms with Crippen molar-refractivity contribution in [3.8, 4) is 11.3 Å². The number of carbonyl (C=O) groups excluding carboxylic acids is 1. The minimum atomic E-state index is -0.114. The van der Waals surface area contributed by atoms with Crippen LogP contribution in [0.3, 0.4) is 0 Å². The highest BCUT2D eigenvalue weighted by atomic mass is 16.2. The summed E-state index contributed by atoms with van der Waals surface area (Å²) in [5, 5.41) is 7.39. The van der Waals surface area contributed by atoms with Crippen molar-refractivity contribution in [3.05, 3.63) is 66.2 Å². The van der Waals surface area contributed by atoms with Gasteiger partial charge in [-0.3, -0.25) is 15.0 Å². The molecule has 1 amide bonds. The van der Waals surface area contributed by atoms with Crippen molar-refractivity contribution < 1.29 is 4.79 Å². The molecule has 4 aromatic rings. The predicted octanol–water partition coefficient (Wildman–Crippen LogP) is 4.01. The van der Waals surface area contributed by atoms with Crippen molar-refractivity contribution in [3.63, 3.8) is 0 Å². The lowest BCUT2D eigenvalue weighted by atomic mass is 9.92. The molecule has 1 saturated heterocycles. The van der Waals surface area contributed by atoms with Crippen molar-refractivity contribution in [2.45, 2.75) is 51.7 Å².